The van der Waals surface area contributed by atoms with Gasteiger partial charge in [-0.2, -0.15) is 0 Å². The maximum absolute atomic E-state index is 6.44. The van der Waals surface area contributed by atoms with Crippen LogP contribution in [-0.4, -0.2) is 13.2 Å². The minimum Gasteiger partial charge on any atom is -0.492 e. The van der Waals surface area contributed by atoms with E-state index in [0.29, 0.717) is 11.8 Å². The van der Waals surface area contributed by atoms with E-state index in [1.165, 1.54) is 23.8 Å². The Bertz CT molecular complexity index is 956. The van der Waals surface area contributed by atoms with Crippen LogP contribution in [0.3, 0.4) is 0 Å². The number of rotatable bonds is 11. The van der Waals surface area contributed by atoms with E-state index < -0.39 is 0 Å². The second kappa shape index (κ2) is 10.7. The standard InChI is InChI=1S/C28H38O2/c1-6-22-15-16-25-26(19-22)28(30-18-10-12-21(4)5)24-14-8-7-13-23(24)27(25)29-17-9-11-20(2)3/h7-8,13-16,19-21H,6,9-12,17-18H2,1-5H3. The Morgan fingerprint density at radius 1 is 0.667 bits per heavy atom. The van der Waals surface area contributed by atoms with Crippen molar-refractivity contribution in [1.82, 2.24) is 0 Å². The van der Waals surface area contributed by atoms with Gasteiger partial charge in [-0.15, -0.1) is 0 Å². The Morgan fingerprint density at radius 3 is 1.67 bits per heavy atom. The van der Waals surface area contributed by atoms with E-state index in [1.807, 2.05) is 0 Å². The van der Waals surface area contributed by atoms with Crippen molar-refractivity contribution in [2.45, 2.75) is 66.7 Å². The molecule has 0 N–H and O–H groups in total. The Hall–Kier alpha value is -2.22. The van der Waals surface area contributed by atoms with Crippen LogP contribution in [0.15, 0.2) is 42.5 Å². The van der Waals surface area contributed by atoms with E-state index in [2.05, 4.69) is 77.1 Å². The molecule has 0 amide bonds. The maximum Gasteiger partial charge on any atom is 0.135 e. The Morgan fingerprint density at radius 2 is 1.17 bits per heavy atom. The van der Waals surface area contributed by atoms with Gasteiger partial charge in [-0.3, -0.25) is 0 Å². The minimum atomic E-state index is 0.704. The summed E-state index contributed by atoms with van der Waals surface area (Å²) in [5.41, 5.74) is 1.33. The number of fused-ring (bicyclic) bond motifs is 2. The van der Waals surface area contributed by atoms with Gasteiger partial charge in [0.1, 0.15) is 11.5 Å². The van der Waals surface area contributed by atoms with Gasteiger partial charge in [0.05, 0.1) is 13.2 Å². The SMILES string of the molecule is CCc1ccc2c(OCCCC(C)C)c3ccccc3c(OCCCC(C)C)c2c1. The zero-order valence-corrected chi connectivity index (χ0v) is 19.5. The van der Waals surface area contributed by atoms with Crippen LogP contribution in [0.1, 0.15) is 65.9 Å². The predicted molar refractivity (Wildman–Crippen MR) is 130 cm³/mol. The highest BCUT2D eigenvalue weighted by Gasteiger charge is 2.16. The van der Waals surface area contributed by atoms with Crippen molar-refractivity contribution in [1.29, 1.82) is 0 Å². The fourth-order valence-corrected chi connectivity index (χ4v) is 4.01. The van der Waals surface area contributed by atoms with Crippen LogP contribution in [0.25, 0.3) is 21.5 Å². The highest BCUT2D eigenvalue weighted by Crippen LogP contribution is 2.43. The van der Waals surface area contributed by atoms with Crippen molar-refractivity contribution in [3.05, 3.63) is 48.0 Å². The summed E-state index contributed by atoms with van der Waals surface area (Å²) < 4.78 is 12.9. The van der Waals surface area contributed by atoms with Crippen LogP contribution >= 0.6 is 0 Å². The topological polar surface area (TPSA) is 18.5 Å². The summed E-state index contributed by atoms with van der Waals surface area (Å²) in [6.45, 7) is 12.8. The molecule has 3 aromatic carbocycles. The van der Waals surface area contributed by atoms with Gasteiger partial charge in [0.2, 0.25) is 0 Å². The molecule has 2 heteroatoms. The fourth-order valence-electron chi connectivity index (χ4n) is 4.01. The number of aryl methyl sites for hydroxylation is 1. The molecule has 0 heterocycles. The van der Waals surface area contributed by atoms with Crippen molar-refractivity contribution in [2.24, 2.45) is 11.8 Å². The molecule has 0 aromatic heterocycles. The molecule has 0 spiro atoms. The molecule has 30 heavy (non-hydrogen) atoms. The lowest BCUT2D eigenvalue weighted by molar-refractivity contribution is 0.299. The summed E-state index contributed by atoms with van der Waals surface area (Å²) in [6, 6.07) is 15.3. The molecule has 3 rings (SSSR count). The molecule has 0 unspecified atom stereocenters. The molecule has 0 saturated carbocycles. The summed E-state index contributed by atoms with van der Waals surface area (Å²) >= 11 is 0. The Labute approximate surface area is 182 Å². The zero-order valence-electron chi connectivity index (χ0n) is 19.5. The van der Waals surface area contributed by atoms with Crippen LogP contribution in [0.2, 0.25) is 0 Å². The first-order chi connectivity index (χ1) is 14.5. The van der Waals surface area contributed by atoms with Crippen LogP contribution in [0, 0.1) is 11.8 Å². The highest BCUT2D eigenvalue weighted by molar-refractivity contribution is 6.11. The molecule has 2 nitrogen and oxygen atoms in total. The summed E-state index contributed by atoms with van der Waals surface area (Å²) in [6.07, 6.45) is 5.54. The fraction of sp³-hybridized carbons (Fsp3) is 0.500. The normalized spacial score (nSPS) is 11.7. The lowest BCUT2D eigenvalue weighted by Crippen LogP contribution is -2.04. The van der Waals surface area contributed by atoms with Crippen molar-refractivity contribution in [3.8, 4) is 11.5 Å². The summed E-state index contributed by atoms with van der Waals surface area (Å²) in [5.74, 6) is 3.42. The largest absolute Gasteiger partial charge is 0.492 e. The van der Waals surface area contributed by atoms with E-state index in [1.54, 1.807) is 0 Å². The first-order valence-corrected chi connectivity index (χ1v) is 11.7. The van der Waals surface area contributed by atoms with E-state index in [9.17, 15) is 0 Å². The molecule has 0 radical (unpaired) electrons. The first-order valence-electron chi connectivity index (χ1n) is 11.7. The second-order valence-corrected chi connectivity index (χ2v) is 9.21. The Kier molecular flexibility index (Phi) is 8.01. The second-order valence-electron chi connectivity index (χ2n) is 9.21. The Balaban J connectivity index is 2.03. The van der Waals surface area contributed by atoms with Crippen LogP contribution in [0.5, 0.6) is 11.5 Å². The van der Waals surface area contributed by atoms with Gasteiger partial charge < -0.3 is 9.47 Å². The molecule has 0 fully saturated rings. The van der Waals surface area contributed by atoms with Crippen molar-refractivity contribution >= 4 is 21.5 Å². The number of hydrogen-bond acceptors (Lipinski definition) is 2. The average molecular weight is 407 g/mol. The van der Waals surface area contributed by atoms with Gasteiger partial charge in [-0.1, -0.05) is 71.0 Å². The van der Waals surface area contributed by atoms with Crippen LogP contribution < -0.4 is 9.47 Å². The molecule has 0 aliphatic carbocycles. The molecular formula is C28H38O2. The smallest absolute Gasteiger partial charge is 0.135 e. The third-order valence-electron chi connectivity index (χ3n) is 5.74. The van der Waals surface area contributed by atoms with E-state index >= 15 is 0 Å². The van der Waals surface area contributed by atoms with Crippen LogP contribution in [-0.2, 0) is 6.42 Å². The molecule has 0 aliphatic heterocycles. The molecular weight excluding hydrogens is 368 g/mol. The molecule has 0 aliphatic rings. The lowest BCUT2D eigenvalue weighted by Gasteiger charge is -2.19. The van der Waals surface area contributed by atoms with Crippen molar-refractivity contribution < 1.29 is 9.47 Å². The monoisotopic (exact) mass is 406 g/mol. The van der Waals surface area contributed by atoms with E-state index in [0.717, 1.165) is 60.1 Å². The summed E-state index contributed by atoms with van der Waals surface area (Å²) in [4.78, 5) is 0. The van der Waals surface area contributed by atoms with E-state index in [-0.39, 0.29) is 0 Å². The minimum absolute atomic E-state index is 0.704. The van der Waals surface area contributed by atoms with Gasteiger partial charge in [0.25, 0.3) is 0 Å². The highest BCUT2D eigenvalue weighted by atomic mass is 16.5. The van der Waals surface area contributed by atoms with Gasteiger partial charge >= 0.3 is 0 Å². The first kappa shape index (κ1) is 22.5. The molecule has 3 aromatic rings. The van der Waals surface area contributed by atoms with Crippen molar-refractivity contribution in [2.75, 3.05) is 13.2 Å². The van der Waals surface area contributed by atoms with Gasteiger partial charge in [-0.05, 0) is 55.6 Å². The van der Waals surface area contributed by atoms with Crippen LogP contribution in [0.4, 0.5) is 0 Å². The van der Waals surface area contributed by atoms with E-state index in [4.69, 9.17) is 9.47 Å². The number of ether oxygens (including phenoxy) is 2. The molecule has 162 valence electrons. The molecule has 0 atom stereocenters. The third kappa shape index (κ3) is 5.47. The van der Waals surface area contributed by atoms with Gasteiger partial charge in [-0.25, -0.2) is 0 Å². The maximum atomic E-state index is 6.44. The molecule has 0 saturated heterocycles. The summed E-state index contributed by atoms with van der Waals surface area (Å²) in [7, 11) is 0. The zero-order chi connectivity index (χ0) is 21.5. The van der Waals surface area contributed by atoms with Crippen molar-refractivity contribution in [3.63, 3.8) is 0 Å². The predicted octanol–water partition coefficient (Wildman–Crippen LogP) is 8.19. The third-order valence-corrected chi connectivity index (χ3v) is 5.74. The van der Waals surface area contributed by atoms with Gasteiger partial charge in [0, 0.05) is 21.5 Å². The summed E-state index contributed by atoms with van der Waals surface area (Å²) in [5, 5.41) is 4.64. The average Bonchev–Trinajstić information content (AvgIpc) is 2.74. The number of benzene rings is 3. The number of hydrogen-bond donors (Lipinski definition) is 0. The van der Waals surface area contributed by atoms with Gasteiger partial charge in [0.15, 0.2) is 0 Å². The quantitative estimate of drug-likeness (QED) is 0.236. The lowest BCUT2D eigenvalue weighted by atomic mass is 9.98. The molecule has 0 bridgehead atoms.